The molecule has 0 saturated heterocycles. The molecule has 2 aromatic rings. The van der Waals surface area contributed by atoms with E-state index >= 15 is 0 Å². The predicted octanol–water partition coefficient (Wildman–Crippen LogP) is 2.50. The highest BCUT2D eigenvalue weighted by Crippen LogP contribution is 2.12. The normalized spacial score (nSPS) is 13.3. The monoisotopic (exact) mass is 214 g/mol. The van der Waals surface area contributed by atoms with Crippen LogP contribution in [-0.2, 0) is 0 Å². The van der Waals surface area contributed by atoms with E-state index < -0.39 is 0 Å². The van der Waals surface area contributed by atoms with Gasteiger partial charge in [0.15, 0.2) is 0 Å². The first-order valence-corrected chi connectivity index (χ1v) is 4.90. The SMILES string of the molecule is C=C/C=c1\c(=C/C=C)oc2cccc(F)c12. The van der Waals surface area contributed by atoms with Crippen molar-refractivity contribution in [2.75, 3.05) is 0 Å². The second-order valence-corrected chi connectivity index (χ2v) is 3.30. The molecular formula is C14H11FO. The average Bonchev–Trinajstić information content (AvgIpc) is 2.59. The van der Waals surface area contributed by atoms with Gasteiger partial charge in [-0.25, -0.2) is 4.39 Å². The second kappa shape index (κ2) is 4.19. The summed E-state index contributed by atoms with van der Waals surface area (Å²) in [6.45, 7) is 7.21. The fourth-order valence-electron chi connectivity index (χ4n) is 1.66. The maximum absolute atomic E-state index is 13.7. The van der Waals surface area contributed by atoms with Gasteiger partial charge in [-0.3, -0.25) is 0 Å². The van der Waals surface area contributed by atoms with E-state index in [4.69, 9.17) is 4.42 Å². The third kappa shape index (κ3) is 1.58. The van der Waals surface area contributed by atoms with Crippen LogP contribution in [0.5, 0.6) is 0 Å². The van der Waals surface area contributed by atoms with Gasteiger partial charge < -0.3 is 4.42 Å². The standard InChI is InChI=1S/C14H11FO/c1-3-6-10-12(7-4-2)16-13-9-5-8-11(15)14(10)13/h3-9H,1-2H2/b10-6+,12-7+. The number of hydrogen-bond donors (Lipinski definition) is 0. The van der Waals surface area contributed by atoms with Crippen molar-refractivity contribution in [2.24, 2.45) is 0 Å². The van der Waals surface area contributed by atoms with Crippen LogP contribution in [0.4, 0.5) is 4.39 Å². The van der Waals surface area contributed by atoms with Crippen LogP contribution in [0.1, 0.15) is 0 Å². The van der Waals surface area contributed by atoms with Gasteiger partial charge in [-0.1, -0.05) is 37.5 Å². The zero-order valence-electron chi connectivity index (χ0n) is 8.74. The lowest BCUT2D eigenvalue weighted by molar-refractivity contribution is 0.574. The Hall–Kier alpha value is -2.09. The highest BCUT2D eigenvalue weighted by molar-refractivity contribution is 5.80. The van der Waals surface area contributed by atoms with Crippen LogP contribution >= 0.6 is 0 Å². The molecule has 1 aromatic heterocycles. The topological polar surface area (TPSA) is 13.1 Å². The fourth-order valence-corrected chi connectivity index (χ4v) is 1.66. The molecule has 0 bridgehead atoms. The van der Waals surface area contributed by atoms with E-state index in [-0.39, 0.29) is 5.82 Å². The summed E-state index contributed by atoms with van der Waals surface area (Å²) < 4.78 is 19.2. The molecule has 0 radical (unpaired) electrons. The predicted molar refractivity (Wildman–Crippen MR) is 64.7 cm³/mol. The van der Waals surface area contributed by atoms with Crippen molar-refractivity contribution in [2.45, 2.75) is 0 Å². The van der Waals surface area contributed by atoms with Crippen LogP contribution in [0.2, 0.25) is 0 Å². The highest BCUT2D eigenvalue weighted by Gasteiger charge is 2.06. The molecule has 0 atom stereocenters. The summed E-state index contributed by atoms with van der Waals surface area (Å²) in [6, 6.07) is 4.77. The van der Waals surface area contributed by atoms with E-state index in [1.165, 1.54) is 6.07 Å². The van der Waals surface area contributed by atoms with Gasteiger partial charge in [-0.15, -0.1) is 0 Å². The Morgan fingerprint density at radius 2 is 1.88 bits per heavy atom. The molecule has 0 aliphatic carbocycles. The summed E-state index contributed by atoms with van der Waals surface area (Å²) in [6.07, 6.45) is 6.65. The van der Waals surface area contributed by atoms with Crippen molar-refractivity contribution in [1.82, 2.24) is 0 Å². The fraction of sp³-hybridized carbons (Fsp3) is 0. The van der Waals surface area contributed by atoms with Gasteiger partial charge in [0.25, 0.3) is 0 Å². The van der Waals surface area contributed by atoms with Crippen LogP contribution in [0.15, 0.2) is 47.9 Å². The van der Waals surface area contributed by atoms with Gasteiger partial charge in [-0.2, -0.15) is 0 Å². The van der Waals surface area contributed by atoms with Crippen LogP contribution < -0.4 is 10.6 Å². The van der Waals surface area contributed by atoms with Gasteiger partial charge in [-0.05, 0) is 18.2 Å². The highest BCUT2D eigenvalue weighted by atomic mass is 19.1. The number of furan rings is 1. The molecule has 0 amide bonds. The quantitative estimate of drug-likeness (QED) is 0.748. The van der Waals surface area contributed by atoms with Crippen LogP contribution in [0.25, 0.3) is 23.1 Å². The summed E-state index contributed by atoms with van der Waals surface area (Å²) in [4.78, 5) is 0. The first-order chi connectivity index (χ1) is 7.77. The van der Waals surface area contributed by atoms with Gasteiger partial charge >= 0.3 is 0 Å². The number of rotatable bonds is 2. The van der Waals surface area contributed by atoms with E-state index in [0.29, 0.717) is 21.6 Å². The van der Waals surface area contributed by atoms with E-state index in [9.17, 15) is 4.39 Å². The maximum atomic E-state index is 13.7. The number of benzene rings is 1. The van der Waals surface area contributed by atoms with E-state index in [1.54, 1.807) is 36.4 Å². The van der Waals surface area contributed by atoms with Gasteiger partial charge in [0.05, 0.1) is 5.39 Å². The molecule has 1 heterocycles. The summed E-state index contributed by atoms with van der Waals surface area (Å²) in [5.41, 5.74) is 1.12. The molecule has 0 fully saturated rings. The smallest absolute Gasteiger partial charge is 0.138 e. The molecule has 1 nitrogen and oxygen atoms in total. The summed E-state index contributed by atoms with van der Waals surface area (Å²) in [5.74, 6) is -0.293. The minimum atomic E-state index is -0.293. The van der Waals surface area contributed by atoms with Crippen molar-refractivity contribution in [3.05, 3.63) is 60.0 Å². The van der Waals surface area contributed by atoms with Crippen molar-refractivity contribution in [3.8, 4) is 0 Å². The van der Waals surface area contributed by atoms with Crippen molar-refractivity contribution in [3.63, 3.8) is 0 Å². The average molecular weight is 214 g/mol. The number of fused-ring (bicyclic) bond motifs is 1. The van der Waals surface area contributed by atoms with Crippen LogP contribution in [0.3, 0.4) is 0 Å². The second-order valence-electron chi connectivity index (χ2n) is 3.30. The van der Waals surface area contributed by atoms with E-state index in [1.807, 2.05) is 0 Å². The molecule has 0 N–H and O–H groups in total. The minimum Gasteiger partial charge on any atom is -0.456 e. The first kappa shape index (κ1) is 10.4. The summed E-state index contributed by atoms with van der Waals surface area (Å²) >= 11 is 0. The number of halogens is 1. The summed E-state index contributed by atoms with van der Waals surface area (Å²) in [5, 5.41) is 1.18. The van der Waals surface area contributed by atoms with Crippen LogP contribution in [-0.4, -0.2) is 0 Å². The molecule has 2 rings (SSSR count). The number of hydrogen-bond acceptors (Lipinski definition) is 1. The Morgan fingerprint density at radius 1 is 1.12 bits per heavy atom. The zero-order chi connectivity index (χ0) is 11.5. The molecular weight excluding hydrogens is 203 g/mol. The maximum Gasteiger partial charge on any atom is 0.138 e. The molecule has 0 unspecified atom stereocenters. The third-order valence-electron chi connectivity index (χ3n) is 2.28. The van der Waals surface area contributed by atoms with Gasteiger partial charge in [0, 0.05) is 5.22 Å². The lowest BCUT2D eigenvalue weighted by Crippen LogP contribution is -2.19. The molecule has 0 aliphatic heterocycles. The van der Waals surface area contributed by atoms with Crippen LogP contribution in [0, 0.1) is 5.82 Å². The molecule has 16 heavy (non-hydrogen) atoms. The van der Waals surface area contributed by atoms with Crippen molar-refractivity contribution in [1.29, 1.82) is 0 Å². The Balaban J connectivity index is 3.06. The lowest BCUT2D eigenvalue weighted by atomic mass is 10.2. The molecule has 1 aromatic carbocycles. The van der Waals surface area contributed by atoms with Crippen molar-refractivity contribution < 1.29 is 8.81 Å². The number of allylic oxidation sites excluding steroid dienone is 2. The molecule has 80 valence electrons. The molecule has 2 heteroatoms. The Morgan fingerprint density at radius 3 is 2.56 bits per heavy atom. The van der Waals surface area contributed by atoms with Crippen molar-refractivity contribution >= 4 is 23.1 Å². The first-order valence-electron chi connectivity index (χ1n) is 4.90. The Labute approximate surface area is 92.5 Å². The zero-order valence-corrected chi connectivity index (χ0v) is 8.74. The summed E-state index contributed by atoms with van der Waals surface area (Å²) in [7, 11) is 0. The molecule has 0 saturated carbocycles. The molecule has 0 aliphatic rings. The largest absolute Gasteiger partial charge is 0.456 e. The Bertz CT molecular complexity index is 662. The van der Waals surface area contributed by atoms with Gasteiger partial charge in [0.2, 0.25) is 0 Å². The minimum absolute atomic E-state index is 0.293. The Kier molecular flexibility index (Phi) is 2.73. The molecule has 0 spiro atoms. The van der Waals surface area contributed by atoms with Gasteiger partial charge in [0.1, 0.15) is 16.8 Å². The van der Waals surface area contributed by atoms with E-state index in [0.717, 1.165) is 0 Å². The van der Waals surface area contributed by atoms with E-state index in [2.05, 4.69) is 13.2 Å². The third-order valence-corrected chi connectivity index (χ3v) is 2.28. The lowest BCUT2D eigenvalue weighted by Gasteiger charge is -1.88.